The smallest absolute Gasteiger partial charge is 0.178 e. The van der Waals surface area contributed by atoms with Crippen molar-refractivity contribution in [2.24, 2.45) is 0 Å². The molecule has 0 bridgehead atoms. The van der Waals surface area contributed by atoms with Crippen LogP contribution in [0.15, 0.2) is 30.3 Å². The van der Waals surface area contributed by atoms with Gasteiger partial charge in [0.15, 0.2) is 5.78 Å². The summed E-state index contributed by atoms with van der Waals surface area (Å²) in [4.78, 5) is 16.3. The lowest BCUT2D eigenvalue weighted by Gasteiger charge is -2.07. The Morgan fingerprint density at radius 3 is 2.67 bits per heavy atom. The second-order valence-corrected chi connectivity index (χ2v) is 4.64. The molecule has 1 aromatic carbocycles. The van der Waals surface area contributed by atoms with Crippen LogP contribution in [0.3, 0.4) is 0 Å². The first-order chi connectivity index (χ1) is 8.59. The molecule has 2 heterocycles. The van der Waals surface area contributed by atoms with Crippen LogP contribution in [-0.2, 0) is 0 Å². The molecule has 0 unspecified atom stereocenters. The molecule has 3 heteroatoms. The van der Waals surface area contributed by atoms with E-state index in [0.29, 0.717) is 5.69 Å². The number of fused-ring (bicyclic) bond motifs is 3. The van der Waals surface area contributed by atoms with E-state index in [9.17, 15) is 4.79 Å². The van der Waals surface area contributed by atoms with Crippen LogP contribution in [0.4, 0.5) is 0 Å². The van der Waals surface area contributed by atoms with E-state index in [0.717, 1.165) is 22.2 Å². The molecule has 3 aromatic rings. The number of benzene rings is 1. The Bertz CT molecular complexity index is 784. The summed E-state index contributed by atoms with van der Waals surface area (Å²) in [5.41, 5.74) is 4.53. The standard InChI is InChI=1S/C15H14N2O/c1-9-8-14-16-10(2)15(11(3)18)17(14)13-7-5-4-6-12(9)13/h4-8H,1-3H3. The average Bonchev–Trinajstić information content (AvgIpc) is 2.66. The van der Waals surface area contributed by atoms with Crippen LogP contribution in [-0.4, -0.2) is 15.2 Å². The van der Waals surface area contributed by atoms with Crippen molar-refractivity contribution in [1.82, 2.24) is 9.38 Å². The minimum Gasteiger partial charge on any atom is -0.293 e. The van der Waals surface area contributed by atoms with Crippen LogP contribution in [0.2, 0.25) is 0 Å². The summed E-state index contributed by atoms with van der Waals surface area (Å²) in [6.45, 7) is 5.54. The third-order valence-corrected chi connectivity index (χ3v) is 3.33. The number of carbonyl (C=O) groups excluding carboxylic acids is 1. The van der Waals surface area contributed by atoms with Crippen LogP contribution in [0.1, 0.15) is 28.7 Å². The summed E-state index contributed by atoms with van der Waals surface area (Å²) in [6, 6.07) is 10.1. The van der Waals surface area contributed by atoms with Crippen LogP contribution in [0.25, 0.3) is 16.6 Å². The van der Waals surface area contributed by atoms with Crippen molar-refractivity contribution in [3.05, 3.63) is 47.3 Å². The SMILES string of the molecule is CC(=O)c1c(C)nc2cc(C)c3ccccc3n12. The van der Waals surface area contributed by atoms with E-state index in [2.05, 4.69) is 18.0 Å². The molecule has 3 rings (SSSR count). The van der Waals surface area contributed by atoms with Gasteiger partial charge in [-0.15, -0.1) is 0 Å². The number of hydrogen-bond donors (Lipinski definition) is 0. The number of hydrogen-bond acceptors (Lipinski definition) is 2. The Kier molecular flexibility index (Phi) is 2.23. The van der Waals surface area contributed by atoms with Crippen LogP contribution < -0.4 is 0 Å². The summed E-state index contributed by atoms with van der Waals surface area (Å²) in [5.74, 6) is 0.0500. The van der Waals surface area contributed by atoms with Gasteiger partial charge in [-0.2, -0.15) is 0 Å². The molecule has 3 nitrogen and oxygen atoms in total. The topological polar surface area (TPSA) is 34.4 Å². The number of nitrogens with zero attached hydrogens (tertiary/aromatic N) is 2. The minimum absolute atomic E-state index is 0.0500. The van der Waals surface area contributed by atoms with Gasteiger partial charge in [0.25, 0.3) is 0 Å². The molecule has 90 valence electrons. The Balaban J connectivity index is 2.63. The number of para-hydroxylation sites is 1. The molecular weight excluding hydrogens is 224 g/mol. The molecule has 0 aliphatic rings. The highest BCUT2D eigenvalue weighted by atomic mass is 16.1. The maximum Gasteiger partial charge on any atom is 0.178 e. The van der Waals surface area contributed by atoms with Crippen molar-refractivity contribution in [1.29, 1.82) is 0 Å². The summed E-state index contributed by atoms with van der Waals surface area (Å²) in [6.07, 6.45) is 0. The monoisotopic (exact) mass is 238 g/mol. The molecule has 0 fully saturated rings. The molecule has 18 heavy (non-hydrogen) atoms. The van der Waals surface area contributed by atoms with Gasteiger partial charge in [0.1, 0.15) is 11.3 Å². The quantitative estimate of drug-likeness (QED) is 0.609. The average molecular weight is 238 g/mol. The first kappa shape index (κ1) is 11.0. The highest BCUT2D eigenvalue weighted by Gasteiger charge is 2.15. The molecule has 0 aliphatic heterocycles. The highest BCUT2D eigenvalue weighted by Crippen LogP contribution is 2.24. The van der Waals surface area contributed by atoms with E-state index in [4.69, 9.17) is 0 Å². The predicted molar refractivity (Wildman–Crippen MR) is 72.2 cm³/mol. The number of aromatic nitrogens is 2. The Labute approximate surface area is 105 Å². The Morgan fingerprint density at radius 1 is 1.22 bits per heavy atom. The predicted octanol–water partition coefficient (Wildman–Crippen LogP) is 3.31. The number of ketones is 1. The molecule has 0 saturated carbocycles. The first-order valence-corrected chi connectivity index (χ1v) is 5.98. The van der Waals surface area contributed by atoms with Crippen LogP contribution in [0.5, 0.6) is 0 Å². The van der Waals surface area contributed by atoms with E-state index in [1.54, 1.807) is 6.92 Å². The maximum atomic E-state index is 11.8. The third-order valence-electron chi connectivity index (χ3n) is 3.33. The summed E-state index contributed by atoms with van der Waals surface area (Å²) in [5, 5.41) is 1.16. The zero-order chi connectivity index (χ0) is 12.9. The summed E-state index contributed by atoms with van der Waals surface area (Å²) >= 11 is 0. The number of Topliss-reactive ketones (excluding diaryl/α,β-unsaturated/α-hetero) is 1. The molecule has 0 radical (unpaired) electrons. The molecule has 0 aliphatic carbocycles. The van der Waals surface area contributed by atoms with Gasteiger partial charge in [-0.05, 0) is 31.5 Å². The van der Waals surface area contributed by atoms with E-state index < -0.39 is 0 Å². The molecule has 2 aromatic heterocycles. The molecule has 0 spiro atoms. The molecule has 0 saturated heterocycles. The van der Waals surface area contributed by atoms with Crippen LogP contribution in [0, 0.1) is 13.8 Å². The normalized spacial score (nSPS) is 11.3. The Hall–Kier alpha value is -2.16. The number of carbonyl (C=O) groups is 1. The highest BCUT2D eigenvalue weighted by molar-refractivity contribution is 5.97. The lowest BCUT2D eigenvalue weighted by atomic mass is 10.1. The van der Waals surface area contributed by atoms with E-state index in [1.807, 2.05) is 35.6 Å². The Morgan fingerprint density at radius 2 is 1.94 bits per heavy atom. The molecule has 0 N–H and O–H groups in total. The number of rotatable bonds is 1. The molecule has 0 amide bonds. The fraction of sp³-hybridized carbons (Fsp3) is 0.200. The van der Waals surface area contributed by atoms with Crippen molar-refractivity contribution < 1.29 is 4.79 Å². The molecule has 0 atom stereocenters. The number of aryl methyl sites for hydroxylation is 2. The second-order valence-electron chi connectivity index (χ2n) is 4.64. The largest absolute Gasteiger partial charge is 0.293 e. The maximum absolute atomic E-state index is 11.8. The lowest BCUT2D eigenvalue weighted by molar-refractivity contribution is 0.101. The number of imidazole rings is 1. The van der Waals surface area contributed by atoms with Gasteiger partial charge in [0, 0.05) is 12.3 Å². The third kappa shape index (κ3) is 1.37. The van der Waals surface area contributed by atoms with Gasteiger partial charge in [-0.3, -0.25) is 9.20 Å². The van der Waals surface area contributed by atoms with Gasteiger partial charge >= 0.3 is 0 Å². The van der Waals surface area contributed by atoms with Crippen molar-refractivity contribution in [2.75, 3.05) is 0 Å². The van der Waals surface area contributed by atoms with Crippen molar-refractivity contribution >= 4 is 22.3 Å². The first-order valence-electron chi connectivity index (χ1n) is 5.98. The van der Waals surface area contributed by atoms with Crippen molar-refractivity contribution in [2.45, 2.75) is 20.8 Å². The minimum atomic E-state index is 0.0500. The summed E-state index contributed by atoms with van der Waals surface area (Å²) < 4.78 is 1.96. The summed E-state index contributed by atoms with van der Waals surface area (Å²) in [7, 11) is 0. The molecular formula is C15H14N2O. The van der Waals surface area contributed by atoms with Crippen molar-refractivity contribution in [3.63, 3.8) is 0 Å². The van der Waals surface area contributed by atoms with E-state index in [-0.39, 0.29) is 5.78 Å². The van der Waals surface area contributed by atoms with Gasteiger partial charge in [-0.1, -0.05) is 18.2 Å². The fourth-order valence-corrected chi connectivity index (χ4v) is 2.58. The number of pyridine rings is 1. The fourth-order valence-electron chi connectivity index (χ4n) is 2.58. The lowest BCUT2D eigenvalue weighted by Crippen LogP contribution is -2.02. The van der Waals surface area contributed by atoms with E-state index in [1.165, 1.54) is 5.56 Å². The van der Waals surface area contributed by atoms with Gasteiger partial charge < -0.3 is 0 Å². The zero-order valence-electron chi connectivity index (χ0n) is 10.7. The van der Waals surface area contributed by atoms with Crippen LogP contribution >= 0.6 is 0 Å². The van der Waals surface area contributed by atoms with Crippen molar-refractivity contribution in [3.8, 4) is 0 Å². The second kappa shape index (κ2) is 3.67. The zero-order valence-corrected chi connectivity index (χ0v) is 10.7. The van der Waals surface area contributed by atoms with E-state index >= 15 is 0 Å². The van der Waals surface area contributed by atoms with Gasteiger partial charge in [0.2, 0.25) is 0 Å². The van der Waals surface area contributed by atoms with Gasteiger partial charge in [0.05, 0.1) is 11.2 Å². The van der Waals surface area contributed by atoms with Gasteiger partial charge in [-0.25, -0.2) is 4.98 Å².